The molecule has 0 amide bonds. The molecule has 3 heteroatoms. The molecule has 1 heterocycles. The number of hydrogen-bond acceptors (Lipinski definition) is 3. The fraction of sp³-hybridized carbons (Fsp3) is 0.217. The quantitative estimate of drug-likeness (QED) is 0.636. The standard InChI is InChI=1S/C23H22O3/c1-24-18-10-8-16(9-11-18)20-15-23(17-6-4-3-5-7-17)26-22-13-12-19(25-2)14-21(20)22/h3-14,20,23H,15H2,1-2H3/t20-,23-/m0/s1. The summed E-state index contributed by atoms with van der Waals surface area (Å²) in [6, 6.07) is 24.8. The van der Waals surface area contributed by atoms with E-state index in [0.717, 1.165) is 23.7 Å². The van der Waals surface area contributed by atoms with Crippen LogP contribution in [0.1, 0.15) is 35.1 Å². The third-order valence-electron chi connectivity index (χ3n) is 5.00. The predicted octanol–water partition coefficient (Wildman–Crippen LogP) is 5.36. The third kappa shape index (κ3) is 3.13. The van der Waals surface area contributed by atoms with Crippen molar-refractivity contribution in [2.75, 3.05) is 14.2 Å². The van der Waals surface area contributed by atoms with Crippen LogP contribution in [0.3, 0.4) is 0 Å². The molecule has 0 unspecified atom stereocenters. The molecule has 0 radical (unpaired) electrons. The van der Waals surface area contributed by atoms with Crippen LogP contribution in [0.2, 0.25) is 0 Å². The maximum absolute atomic E-state index is 6.33. The molecule has 0 fully saturated rings. The zero-order valence-electron chi connectivity index (χ0n) is 15.0. The first-order chi connectivity index (χ1) is 12.8. The van der Waals surface area contributed by atoms with Crippen molar-refractivity contribution in [3.8, 4) is 17.2 Å². The number of rotatable bonds is 4. The molecule has 1 aliphatic heterocycles. The highest BCUT2D eigenvalue weighted by Gasteiger charge is 2.30. The van der Waals surface area contributed by atoms with E-state index in [-0.39, 0.29) is 12.0 Å². The van der Waals surface area contributed by atoms with Gasteiger partial charge < -0.3 is 14.2 Å². The Morgan fingerprint density at radius 3 is 2.15 bits per heavy atom. The van der Waals surface area contributed by atoms with E-state index in [0.29, 0.717) is 0 Å². The number of methoxy groups -OCH3 is 2. The average Bonchev–Trinajstić information content (AvgIpc) is 2.73. The van der Waals surface area contributed by atoms with Gasteiger partial charge in [0.2, 0.25) is 0 Å². The molecule has 0 aromatic heterocycles. The molecule has 0 saturated heterocycles. The first-order valence-corrected chi connectivity index (χ1v) is 8.82. The Kier molecular flexibility index (Phi) is 4.53. The third-order valence-corrected chi connectivity index (χ3v) is 5.00. The van der Waals surface area contributed by atoms with E-state index in [1.165, 1.54) is 16.7 Å². The van der Waals surface area contributed by atoms with Gasteiger partial charge in [-0.15, -0.1) is 0 Å². The molecule has 0 bridgehead atoms. The zero-order valence-corrected chi connectivity index (χ0v) is 15.0. The van der Waals surface area contributed by atoms with Gasteiger partial charge in [-0.2, -0.15) is 0 Å². The van der Waals surface area contributed by atoms with Crippen LogP contribution >= 0.6 is 0 Å². The van der Waals surface area contributed by atoms with Crippen LogP contribution in [0.4, 0.5) is 0 Å². The highest BCUT2D eigenvalue weighted by molar-refractivity contribution is 5.49. The minimum absolute atomic E-state index is 0.0317. The summed E-state index contributed by atoms with van der Waals surface area (Å²) in [6.07, 6.45) is 0.917. The van der Waals surface area contributed by atoms with Crippen molar-refractivity contribution in [1.82, 2.24) is 0 Å². The van der Waals surface area contributed by atoms with E-state index in [1.807, 2.05) is 30.3 Å². The molecule has 0 spiro atoms. The molecule has 4 rings (SSSR count). The van der Waals surface area contributed by atoms with Gasteiger partial charge in [0.1, 0.15) is 23.4 Å². The molecule has 3 aromatic rings. The summed E-state index contributed by atoms with van der Waals surface area (Å²) in [5.41, 5.74) is 3.62. The smallest absolute Gasteiger partial charge is 0.125 e. The summed E-state index contributed by atoms with van der Waals surface area (Å²) in [6.45, 7) is 0. The first-order valence-electron chi connectivity index (χ1n) is 8.82. The van der Waals surface area contributed by atoms with Crippen molar-refractivity contribution in [3.05, 3.63) is 89.5 Å². The maximum Gasteiger partial charge on any atom is 0.125 e. The van der Waals surface area contributed by atoms with E-state index in [1.54, 1.807) is 14.2 Å². The second-order valence-corrected chi connectivity index (χ2v) is 6.48. The minimum atomic E-state index is 0.0317. The van der Waals surface area contributed by atoms with Crippen LogP contribution in [0, 0.1) is 0 Å². The van der Waals surface area contributed by atoms with Crippen LogP contribution in [0.15, 0.2) is 72.8 Å². The Bertz CT molecular complexity index is 872. The van der Waals surface area contributed by atoms with Crippen molar-refractivity contribution in [3.63, 3.8) is 0 Å². The lowest BCUT2D eigenvalue weighted by atomic mass is 9.82. The van der Waals surface area contributed by atoms with Crippen LogP contribution in [0.25, 0.3) is 0 Å². The Balaban J connectivity index is 1.76. The molecule has 132 valence electrons. The van der Waals surface area contributed by atoms with E-state index < -0.39 is 0 Å². The molecule has 0 aliphatic carbocycles. The molecular formula is C23H22O3. The summed E-state index contributed by atoms with van der Waals surface area (Å²) < 4.78 is 17.1. The van der Waals surface area contributed by atoms with Crippen LogP contribution in [0.5, 0.6) is 17.2 Å². The molecule has 2 atom stereocenters. The summed E-state index contributed by atoms with van der Waals surface area (Å²) in [4.78, 5) is 0. The Labute approximate surface area is 154 Å². The van der Waals surface area contributed by atoms with Gasteiger partial charge in [0.25, 0.3) is 0 Å². The molecule has 1 aliphatic rings. The molecule has 26 heavy (non-hydrogen) atoms. The molecule has 0 N–H and O–H groups in total. The normalized spacial score (nSPS) is 18.5. The highest BCUT2D eigenvalue weighted by Crippen LogP contribution is 2.46. The van der Waals surface area contributed by atoms with Gasteiger partial charge in [-0.1, -0.05) is 42.5 Å². The van der Waals surface area contributed by atoms with Crippen molar-refractivity contribution in [1.29, 1.82) is 0 Å². The lowest BCUT2D eigenvalue weighted by Crippen LogP contribution is -2.20. The lowest BCUT2D eigenvalue weighted by Gasteiger charge is -2.33. The second-order valence-electron chi connectivity index (χ2n) is 6.48. The summed E-state index contributed by atoms with van der Waals surface area (Å²) >= 11 is 0. The number of fused-ring (bicyclic) bond motifs is 1. The van der Waals surface area contributed by atoms with Gasteiger partial charge in [0, 0.05) is 11.5 Å². The van der Waals surface area contributed by atoms with Gasteiger partial charge in [0.15, 0.2) is 0 Å². The van der Waals surface area contributed by atoms with Crippen molar-refractivity contribution >= 4 is 0 Å². The molecule has 3 nitrogen and oxygen atoms in total. The largest absolute Gasteiger partial charge is 0.497 e. The summed E-state index contributed by atoms with van der Waals surface area (Å²) in [5, 5.41) is 0. The Morgan fingerprint density at radius 1 is 0.769 bits per heavy atom. The van der Waals surface area contributed by atoms with Gasteiger partial charge >= 0.3 is 0 Å². The highest BCUT2D eigenvalue weighted by atomic mass is 16.5. The SMILES string of the molecule is COc1ccc([C@@H]2C[C@@H](c3ccccc3)Oc3ccc(OC)cc32)cc1. The second kappa shape index (κ2) is 7.12. The van der Waals surface area contributed by atoms with E-state index >= 15 is 0 Å². The predicted molar refractivity (Wildman–Crippen MR) is 102 cm³/mol. The fourth-order valence-electron chi connectivity index (χ4n) is 3.60. The van der Waals surface area contributed by atoms with Gasteiger partial charge in [-0.3, -0.25) is 0 Å². The van der Waals surface area contributed by atoms with Crippen LogP contribution < -0.4 is 14.2 Å². The number of benzene rings is 3. The van der Waals surface area contributed by atoms with Crippen LogP contribution in [-0.2, 0) is 0 Å². The van der Waals surface area contributed by atoms with Gasteiger partial charge in [-0.05, 0) is 47.9 Å². The van der Waals surface area contributed by atoms with E-state index in [4.69, 9.17) is 14.2 Å². The lowest BCUT2D eigenvalue weighted by molar-refractivity contribution is 0.167. The van der Waals surface area contributed by atoms with Gasteiger partial charge in [-0.25, -0.2) is 0 Å². The van der Waals surface area contributed by atoms with Crippen LogP contribution in [-0.4, -0.2) is 14.2 Å². The topological polar surface area (TPSA) is 27.7 Å². The zero-order chi connectivity index (χ0) is 17.9. The Hall–Kier alpha value is -2.94. The van der Waals surface area contributed by atoms with E-state index in [9.17, 15) is 0 Å². The van der Waals surface area contributed by atoms with Crippen molar-refractivity contribution in [2.24, 2.45) is 0 Å². The average molecular weight is 346 g/mol. The summed E-state index contributed by atoms with van der Waals surface area (Å²) in [5.74, 6) is 2.88. The molecule has 0 saturated carbocycles. The number of ether oxygens (including phenoxy) is 3. The minimum Gasteiger partial charge on any atom is -0.497 e. The maximum atomic E-state index is 6.33. The van der Waals surface area contributed by atoms with Crippen molar-refractivity contribution in [2.45, 2.75) is 18.4 Å². The Morgan fingerprint density at radius 2 is 1.46 bits per heavy atom. The van der Waals surface area contributed by atoms with Gasteiger partial charge in [0.05, 0.1) is 14.2 Å². The molecular weight excluding hydrogens is 324 g/mol. The summed E-state index contributed by atoms with van der Waals surface area (Å²) in [7, 11) is 3.38. The number of hydrogen-bond donors (Lipinski definition) is 0. The molecule has 3 aromatic carbocycles. The van der Waals surface area contributed by atoms with E-state index in [2.05, 4.69) is 42.5 Å². The fourth-order valence-corrected chi connectivity index (χ4v) is 3.60. The monoisotopic (exact) mass is 346 g/mol. The first kappa shape index (κ1) is 16.5. The van der Waals surface area contributed by atoms with Crippen molar-refractivity contribution < 1.29 is 14.2 Å².